The third kappa shape index (κ3) is 3.33. The van der Waals surface area contributed by atoms with Gasteiger partial charge in [-0.15, -0.1) is 0 Å². The van der Waals surface area contributed by atoms with Gasteiger partial charge in [-0.25, -0.2) is 0 Å². The van der Waals surface area contributed by atoms with E-state index in [4.69, 9.17) is 10.4 Å². The molecule has 1 aliphatic rings. The largest absolute Gasteiger partial charge is 0.481 e. The minimum Gasteiger partial charge on any atom is -0.481 e. The van der Waals surface area contributed by atoms with Gasteiger partial charge in [0.2, 0.25) is 5.91 Å². The van der Waals surface area contributed by atoms with E-state index >= 15 is 0 Å². The summed E-state index contributed by atoms with van der Waals surface area (Å²) in [6, 6.07) is 2.00. The highest BCUT2D eigenvalue weighted by molar-refractivity contribution is 5.85. The van der Waals surface area contributed by atoms with Gasteiger partial charge in [-0.1, -0.05) is 12.2 Å². The van der Waals surface area contributed by atoms with Gasteiger partial charge >= 0.3 is 5.97 Å². The van der Waals surface area contributed by atoms with Crippen LogP contribution in [0.3, 0.4) is 0 Å². The number of hydrogen-bond donors (Lipinski definition) is 1. The summed E-state index contributed by atoms with van der Waals surface area (Å²) in [6.45, 7) is 2.72. The Morgan fingerprint density at radius 2 is 2.00 bits per heavy atom. The monoisotopic (exact) mass is 250 g/mol. The standard InChI is InChI=1S/C13H18N2O3/c1-2-15(9-5-8-14)12(16)10-6-3-4-7-11(10)13(17)18/h3-4,10-11H,2,5-7,9H2,1H3,(H,17,18)/t10-,11+/m1/s1. The Bertz CT molecular complexity index is 384. The molecule has 0 aromatic heterocycles. The van der Waals surface area contributed by atoms with Gasteiger partial charge in [0.1, 0.15) is 0 Å². The first-order chi connectivity index (χ1) is 8.61. The van der Waals surface area contributed by atoms with E-state index in [1.165, 1.54) is 0 Å². The Kier molecular flexibility index (Phi) is 5.37. The van der Waals surface area contributed by atoms with E-state index in [1.54, 1.807) is 4.90 Å². The Balaban J connectivity index is 2.76. The van der Waals surface area contributed by atoms with Crippen LogP contribution in [0, 0.1) is 23.2 Å². The SMILES string of the molecule is CCN(CCC#N)C(=O)[C@@H]1CC=CC[C@@H]1C(=O)O. The lowest BCUT2D eigenvalue weighted by Crippen LogP contribution is -2.42. The number of nitrogens with zero attached hydrogens (tertiary/aromatic N) is 2. The van der Waals surface area contributed by atoms with Crippen molar-refractivity contribution in [2.45, 2.75) is 26.2 Å². The number of carboxylic acid groups (broad SMARTS) is 1. The molecule has 0 heterocycles. The van der Waals surface area contributed by atoms with Crippen LogP contribution in [-0.2, 0) is 9.59 Å². The molecule has 0 bridgehead atoms. The smallest absolute Gasteiger partial charge is 0.307 e. The molecule has 0 aromatic rings. The number of carboxylic acids is 1. The van der Waals surface area contributed by atoms with E-state index < -0.39 is 17.8 Å². The number of hydrogen-bond acceptors (Lipinski definition) is 3. The predicted octanol–water partition coefficient (Wildman–Crippen LogP) is 1.42. The zero-order chi connectivity index (χ0) is 13.5. The van der Waals surface area contributed by atoms with Gasteiger partial charge in [-0.3, -0.25) is 9.59 Å². The second-order valence-corrected chi connectivity index (χ2v) is 4.32. The molecular weight excluding hydrogens is 232 g/mol. The van der Waals surface area contributed by atoms with Gasteiger partial charge in [-0.05, 0) is 19.8 Å². The third-order valence-electron chi connectivity index (χ3n) is 3.25. The molecule has 0 unspecified atom stereocenters. The van der Waals surface area contributed by atoms with Gasteiger partial charge in [0.05, 0.1) is 24.3 Å². The van der Waals surface area contributed by atoms with Gasteiger partial charge in [-0.2, -0.15) is 5.26 Å². The van der Waals surface area contributed by atoms with Crippen LogP contribution in [-0.4, -0.2) is 35.0 Å². The molecular formula is C13H18N2O3. The fourth-order valence-electron chi connectivity index (χ4n) is 2.20. The highest BCUT2D eigenvalue weighted by Crippen LogP contribution is 2.27. The van der Waals surface area contributed by atoms with Gasteiger partial charge in [0.25, 0.3) is 0 Å². The lowest BCUT2D eigenvalue weighted by atomic mass is 9.82. The summed E-state index contributed by atoms with van der Waals surface area (Å²) in [5, 5.41) is 17.7. The number of allylic oxidation sites excluding steroid dienone is 2. The van der Waals surface area contributed by atoms with Crippen LogP contribution in [0.4, 0.5) is 0 Å². The Labute approximate surface area is 107 Å². The maximum Gasteiger partial charge on any atom is 0.307 e. The number of rotatable bonds is 5. The summed E-state index contributed by atoms with van der Waals surface area (Å²) < 4.78 is 0. The molecule has 0 aliphatic heterocycles. The van der Waals surface area contributed by atoms with E-state index in [0.29, 0.717) is 25.9 Å². The molecule has 0 aromatic carbocycles. The molecule has 0 radical (unpaired) electrons. The van der Waals surface area contributed by atoms with Crippen molar-refractivity contribution in [2.75, 3.05) is 13.1 Å². The average Bonchev–Trinajstić information content (AvgIpc) is 2.39. The fraction of sp³-hybridized carbons (Fsp3) is 0.615. The van der Waals surface area contributed by atoms with E-state index in [0.717, 1.165) is 0 Å². The molecule has 1 amide bonds. The van der Waals surface area contributed by atoms with Crippen LogP contribution in [0.1, 0.15) is 26.2 Å². The number of aliphatic carboxylic acids is 1. The molecule has 98 valence electrons. The number of nitriles is 1. The van der Waals surface area contributed by atoms with E-state index in [1.807, 2.05) is 25.1 Å². The summed E-state index contributed by atoms with van der Waals surface area (Å²) in [6.07, 6.45) is 4.83. The van der Waals surface area contributed by atoms with Crippen molar-refractivity contribution in [2.24, 2.45) is 11.8 Å². The molecule has 1 aliphatic carbocycles. The maximum atomic E-state index is 12.3. The lowest BCUT2D eigenvalue weighted by molar-refractivity contribution is -0.150. The second-order valence-electron chi connectivity index (χ2n) is 4.32. The highest BCUT2D eigenvalue weighted by atomic mass is 16.4. The van der Waals surface area contributed by atoms with Crippen molar-refractivity contribution in [3.05, 3.63) is 12.2 Å². The van der Waals surface area contributed by atoms with Gasteiger partial charge < -0.3 is 10.0 Å². The van der Waals surface area contributed by atoms with Gasteiger partial charge in [0, 0.05) is 13.1 Å². The Hall–Kier alpha value is -1.83. The van der Waals surface area contributed by atoms with Crippen molar-refractivity contribution < 1.29 is 14.7 Å². The number of carbonyl (C=O) groups is 2. The molecule has 18 heavy (non-hydrogen) atoms. The quantitative estimate of drug-likeness (QED) is 0.748. The Morgan fingerprint density at radius 3 is 2.50 bits per heavy atom. The molecule has 1 N–H and O–H groups in total. The minimum atomic E-state index is -0.922. The zero-order valence-electron chi connectivity index (χ0n) is 10.5. The molecule has 0 saturated carbocycles. The van der Waals surface area contributed by atoms with Crippen LogP contribution < -0.4 is 0 Å². The van der Waals surface area contributed by atoms with Crippen molar-refractivity contribution in [1.29, 1.82) is 5.26 Å². The van der Waals surface area contributed by atoms with Gasteiger partial charge in [0.15, 0.2) is 0 Å². The highest BCUT2D eigenvalue weighted by Gasteiger charge is 2.35. The molecule has 1 rings (SSSR count). The molecule has 0 spiro atoms. The average molecular weight is 250 g/mol. The van der Waals surface area contributed by atoms with Crippen LogP contribution >= 0.6 is 0 Å². The van der Waals surface area contributed by atoms with Crippen LogP contribution in [0.2, 0.25) is 0 Å². The summed E-state index contributed by atoms with van der Waals surface area (Å²) in [5.74, 6) is -2.21. The summed E-state index contributed by atoms with van der Waals surface area (Å²) in [5.41, 5.74) is 0. The summed E-state index contributed by atoms with van der Waals surface area (Å²) in [4.78, 5) is 25.0. The molecule has 5 nitrogen and oxygen atoms in total. The predicted molar refractivity (Wildman–Crippen MR) is 65.5 cm³/mol. The molecule has 0 saturated heterocycles. The topological polar surface area (TPSA) is 81.4 Å². The number of amides is 1. The first kappa shape index (κ1) is 14.2. The molecule has 2 atom stereocenters. The second kappa shape index (κ2) is 6.80. The first-order valence-corrected chi connectivity index (χ1v) is 6.15. The first-order valence-electron chi connectivity index (χ1n) is 6.15. The zero-order valence-corrected chi connectivity index (χ0v) is 10.5. The maximum absolute atomic E-state index is 12.3. The van der Waals surface area contributed by atoms with Crippen LogP contribution in [0.5, 0.6) is 0 Å². The molecule has 5 heteroatoms. The van der Waals surface area contributed by atoms with E-state index in [2.05, 4.69) is 0 Å². The molecule has 0 fully saturated rings. The normalized spacial score (nSPS) is 22.2. The van der Waals surface area contributed by atoms with Crippen LogP contribution in [0.25, 0.3) is 0 Å². The third-order valence-corrected chi connectivity index (χ3v) is 3.25. The number of carbonyl (C=O) groups excluding carboxylic acids is 1. The van der Waals surface area contributed by atoms with Crippen molar-refractivity contribution in [3.63, 3.8) is 0 Å². The Morgan fingerprint density at radius 1 is 1.39 bits per heavy atom. The minimum absolute atomic E-state index is 0.149. The van der Waals surface area contributed by atoms with E-state index in [-0.39, 0.29) is 12.3 Å². The van der Waals surface area contributed by atoms with Crippen LogP contribution in [0.15, 0.2) is 12.2 Å². The van der Waals surface area contributed by atoms with E-state index in [9.17, 15) is 9.59 Å². The van der Waals surface area contributed by atoms with Crippen molar-refractivity contribution >= 4 is 11.9 Å². The summed E-state index contributed by atoms with van der Waals surface area (Å²) >= 11 is 0. The lowest BCUT2D eigenvalue weighted by Gasteiger charge is -2.30. The van der Waals surface area contributed by atoms with Crippen molar-refractivity contribution in [3.8, 4) is 6.07 Å². The fourth-order valence-corrected chi connectivity index (χ4v) is 2.20. The summed E-state index contributed by atoms with van der Waals surface area (Å²) in [7, 11) is 0. The van der Waals surface area contributed by atoms with Crippen molar-refractivity contribution in [1.82, 2.24) is 4.90 Å².